The van der Waals surface area contributed by atoms with E-state index in [9.17, 15) is 9.90 Å². The Morgan fingerprint density at radius 2 is 2.20 bits per heavy atom. The first-order valence-electron chi connectivity index (χ1n) is 8.71. The van der Waals surface area contributed by atoms with Gasteiger partial charge in [-0.3, -0.25) is 9.78 Å². The molecule has 134 valence electrons. The van der Waals surface area contributed by atoms with Gasteiger partial charge in [-0.15, -0.1) is 5.10 Å². The molecule has 2 aromatic heterocycles. The van der Waals surface area contributed by atoms with Gasteiger partial charge in [0.15, 0.2) is 0 Å². The first kappa shape index (κ1) is 17.5. The number of rotatable bonds is 4. The summed E-state index contributed by atoms with van der Waals surface area (Å²) in [5.74, 6) is 0.0000273. The first-order chi connectivity index (χ1) is 11.9. The van der Waals surface area contributed by atoms with Gasteiger partial charge in [-0.2, -0.15) is 0 Å². The van der Waals surface area contributed by atoms with Crippen molar-refractivity contribution in [3.63, 3.8) is 0 Å². The number of piperidine rings is 1. The highest BCUT2D eigenvalue weighted by Gasteiger charge is 2.39. The fourth-order valence-corrected chi connectivity index (χ4v) is 3.09. The van der Waals surface area contributed by atoms with E-state index in [1.54, 1.807) is 22.0 Å². The Morgan fingerprint density at radius 3 is 2.84 bits per heavy atom. The summed E-state index contributed by atoms with van der Waals surface area (Å²) in [6.45, 7) is 6.84. The van der Waals surface area contributed by atoms with Crippen LogP contribution in [0.4, 0.5) is 0 Å². The van der Waals surface area contributed by atoms with E-state index in [2.05, 4.69) is 15.3 Å². The van der Waals surface area contributed by atoms with E-state index in [0.29, 0.717) is 25.1 Å². The average molecular weight is 343 g/mol. The van der Waals surface area contributed by atoms with E-state index in [1.165, 1.54) is 0 Å². The summed E-state index contributed by atoms with van der Waals surface area (Å²) < 4.78 is 1.73. The van der Waals surface area contributed by atoms with Crippen molar-refractivity contribution in [3.8, 4) is 0 Å². The minimum Gasteiger partial charge on any atom is -0.382 e. The van der Waals surface area contributed by atoms with Crippen LogP contribution >= 0.6 is 0 Å². The molecule has 0 saturated carbocycles. The van der Waals surface area contributed by atoms with Crippen LogP contribution in [0.5, 0.6) is 0 Å². The van der Waals surface area contributed by atoms with Crippen molar-refractivity contribution in [2.45, 2.75) is 51.7 Å². The molecule has 1 aliphatic rings. The van der Waals surface area contributed by atoms with E-state index < -0.39 is 5.60 Å². The molecular formula is C18H25N5O2. The second-order valence-electron chi connectivity index (χ2n) is 7.11. The molecule has 3 rings (SSSR count). The van der Waals surface area contributed by atoms with E-state index >= 15 is 0 Å². The lowest BCUT2D eigenvalue weighted by molar-refractivity contribution is -0.138. The normalized spacial score (nSPS) is 20.9. The molecule has 0 aliphatic carbocycles. The highest BCUT2D eigenvalue weighted by molar-refractivity contribution is 5.79. The lowest BCUT2D eigenvalue weighted by atomic mass is 9.89. The molecule has 25 heavy (non-hydrogen) atoms. The summed E-state index contributed by atoms with van der Waals surface area (Å²) in [5, 5.41) is 19.2. The third-order valence-corrected chi connectivity index (χ3v) is 4.67. The molecule has 2 aromatic rings. The van der Waals surface area contributed by atoms with Gasteiger partial charge < -0.3 is 10.0 Å². The monoisotopic (exact) mass is 343 g/mol. The smallest absolute Gasteiger partial charge is 0.227 e. The maximum absolute atomic E-state index is 12.6. The Kier molecular flexibility index (Phi) is 4.85. The average Bonchev–Trinajstić information content (AvgIpc) is 3.08. The van der Waals surface area contributed by atoms with E-state index in [4.69, 9.17) is 0 Å². The van der Waals surface area contributed by atoms with Crippen molar-refractivity contribution in [1.29, 1.82) is 0 Å². The Hall–Kier alpha value is -2.28. The third kappa shape index (κ3) is 3.87. The molecule has 0 unspecified atom stereocenters. The predicted molar refractivity (Wildman–Crippen MR) is 92.8 cm³/mol. The van der Waals surface area contributed by atoms with Gasteiger partial charge in [-0.05, 0) is 45.2 Å². The van der Waals surface area contributed by atoms with Crippen LogP contribution in [0.2, 0.25) is 0 Å². The standard InChI is InChI=1S/C18H25N5O2/c1-13(2)23-11-16(20-21-23)18(25)7-4-8-22(12-18)17(24)9-15-6-5-14(3)19-10-15/h5-6,10-11,13,25H,4,7-9,12H2,1-3H3/t18-/m1/s1. The summed E-state index contributed by atoms with van der Waals surface area (Å²) >= 11 is 0. The molecule has 7 heteroatoms. The number of carbonyl (C=O) groups excluding carboxylic acids is 1. The highest BCUT2D eigenvalue weighted by atomic mass is 16.3. The number of β-amino-alcohol motifs (C(OH)–C–C–N with tert-alkyl or cyclic N) is 1. The fraction of sp³-hybridized carbons (Fsp3) is 0.556. The minimum atomic E-state index is -1.13. The van der Waals surface area contributed by atoms with Gasteiger partial charge in [0.2, 0.25) is 5.91 Å². The Morgan fingerprint density at radius 1 is 1.40 bits per heavy atom. The maximum atomic E-state index is 12.6. The van der Waals surface area contributed by atoms with Gasteiger partial charge >= 0.3 is 0 Å². The quantitative estimate of drug-likeness (QED) is 0.912. The zero-order valence-electron chi connectivity index (χ0n) is 15.0. The molecule has 7 nitrogen and oxygen atoms in total. The maximum Gasteiger partial charge on any atom is 0.227 e. The van der Waals surface area contributed by atoms with Crippen molar-refractivity contribution >= 4 is 5.91 Å². The Balaban J connectivity index is 1.70. The lowest BCUT2D eigenvalue weighted by Gasteiger charge is -2.38. The van der Waals surface area contributed by atoms with Crippen molar-refractivity contribution in [2.75, 3.05) is 13.1 Å². The van der Waals surface area contributed by atoms with Gasteiger partial charge in [0, 0.05) is 24.5 Å². The zero-order chi connectivity index (χ0) is 18.0. The van der Waals surface area contributed by atoms with Gasteiger partial charge in [-0.1, -0.05) is 11.3 Å². The van der Waals surface area contributed by atoms with Crippen molar-refractivity contribution in [2.24, 2.45) is 0 Å². The van der Waals surface area contributed by atoms with Crippen LogP contribution in [0.15, 0.2) is 24.5 Å². The van der Waals surface area contributed by atoms with Crippen molar-refractivity contribution in [3.05, 3.63) is 41.5 Å². The number of likely N-dealkylation sites (tertiary alicyclic amines) is 1. The SMILES string of the molecule is Cc1ccc(CC(=O)N2CCC[C@](O)(c3cn(C(C)C)nn3)C2)cn1. The van der Waals surface area contributed by atoms with E-state index in [0.717, 1.165) is 17.7 Å². The van der Waals surface area contributed by atoms with Crippen LogP contribution in [-0.2, 0) is 16.8 Å². The summed E-state index contributed by atoms with van der Waals surface area (Å²) in [6, 6.07) is 4.00. The second kappa shape index (κ2) is 6.92. The zero-order valence-corrected chi connectivity index (χ0v) is 15.0. The molecule has 1 atom stereocenters. The summed E-state index contributed by atoms with van der Waals surface area (Å²) in [7, 11) is 0. The van der Waals surface area contributed by atoms with Gasteiger partial charge in [-0.25, -0.2) is 4.68 Å². The third-order valence-electron chi connectivity index (χ3n) is 4.67. The van der Waals surface area contributed by atoms with Crippen molar-refractivity contribution < 1.29 is 9.90 Å². The van der Waals surface area contributed by atoms with Gasteiger partial charge in [0.05, 0.1) is 19.2 Å². The molecular weight excluding hydrogens is 318 g/mol. The van der Waals surface area contributed by atoms with Gasteiger partial charge in [0.25, 0.3) is 0 Å². The minimum absolute atomic E-state index is 0.0000273. The molecule has 1 fully saturated rings. The number of aryl methyl sites for hydroxylation is 1. The number of nitrogens with zero attached hydrogens (tertiary/aromatic N) is 5. The number of carbonyl (C=O) groups is 1. The van der Waals surface area contributed by atoms with Crippen molar-refractivity contribution in [1.82, 2.24) is 24.9 Å². The predicted octanol–water partition coefficient (Wildman–Crippen LogP) is 1.62. The lowest BCUT2D eigenvalue weighted by Crippen LogP contribution is -2.49. The van der Waals surface area contributed by atoms with Crippen LogP contribution in [-0.4, -0.2) is 49.0 Å². The summed E-state index contributed by atoms with van der Waals surface area (Å²) in [4.78, 5) is 18.6. The van der Waals surface area contributed by atoms with Crippen LogP contribution in [0.25, 0.3) is 0 Å². The van der Waals surface area contributed by atoms with Crippen LogP contribution in [0.3, 0.4) is 0 Å². The molecule has 1 amide bonds. The second-order valence-corrected chi connectivity index (χ2v) is 7.11. The molecule has 0 bridgehead atoms. The first-order valence-corrected chi connectivity index (χ1v) is 8.71. The Labute approximate surface area is 147 Å². The fourth-order valence-electron chi connectivity index (χ4n) is 3.09. The molecule has 1 aliphatic heterocycles. The molecule has 0 radical (unpaired) electrons. The molecule has 3 heterocycles. The molecule has 1 N–H and O–H groups in total. The van der Waals surface area contributed by atoms with Crippen LogP contribution in [0.1, 0.15) is 49.7 Å². The number of aromatic nitrogens is 4. The van der Waals surface area contributed by atoms with Crippen LogP contribution in [0, 0.1) is 6.92 Å². The molecule has 0 aromatic carbocycles. The number of hydrogen-bond acceptors (Lipinski definition) is 5. The van der Waals surface area contributed by atoms with Gasteiger partial charge in [0.1, 0.15) is 11.3 Å². The number of hydrogen-bond donors (Lipinski definition) is 1. The van der Waals surface area contributed by atoms with E-state index in [-0.39, 0.29) is 18.5 Å². The number of aliphatic hydroxyl groups is 1. The summed E-state index contributed by atoms with van der Waals surface area (Å²) in [5.41, 5.74) is 1.22. The van der Waals surface area contributed by atoms with Crippen LogP contribution < -0.4 is 0 Å². The Bertz CT molecular complexity index is 740. The largest absolute Gasteiger partial charge is 0.382 e. The molecule has 1 saturated heterocycles. The van der Waals surface area contributed by atoms with E-state index in [1.807, 2.05) is 32.9 Å². The molecule has 0 spiro atoms. The number of amides is 1. The number of pyridine rings is 1. The highest BCUT2D eigenvalue weighted by Crippen LogP contribution is 2.30. The summed E-state index contributed by atoms with van der Waals surface area (Å²) in [6.07, 6.45) is 5.13. The topological polar surface area (TPSA) is 84.1 Å².